The third-order valence-corrected chi connectivity index (χ3v) is 3.89. The van der Waals surface area contributed by atoms with Gasteiger partial charge in [-0.2, -0.15) is 10.5 Å². The van der Waals surface area contributed by atoms with Crippen LogP contribution in [-0.4, -0.2) is 0 Å². The molecule has 2 heteroatoms. The summed E-state index contributed by atoms with van der Waals surface area (Å²) in [5, 5.41) is 17.9. The van der Waals surface area contributed by atoms with Gasteiger partial charge in [0.1, 0.15) is 0 Å². The first-order valence-corrected chi connectivity index (χ1v) is 4.78. The Kier molecular flexibility index (Phi) is 1.60. The van der Waals surface area contributed by atoms with Crippen LogP contribution in [0, 0.1) is 33.5 Å². The van der Waals surface area contributed by atoms with E-state index in [1.54, 1.807) is 0 Å². The van der Waals surface area contributed by atoms with Gasteiger partial charge in [0.05, 0.1) is 12.1 Å². The molecule has 2 unspecified atom stereocenters. The Bertz CT molecular complexity index is 430. The molecule has 0 aromatic carbocycles. The Balaban J connectivity index is 2.47. The molecule has 0 spiro atoms. The smallest absolute Gasteiger partial charge is 0.0950 e. The molecule has 0 amide bonds. The summed E-state index contributed by atoms with van der Waals surface area (Å²) in [6.07, 6.45) is 5.68. The fourth-order valence-electron chi connectivity index (χ4n) is 2.64. The number of allylic oxidation sites excluding steroid dienone is 4. The molecule has 0 aromatic rings. The maximum atomic E-state index is 9.03. The lowest BCUT2D eigenvalue weighted by Gasteiger charge is -2.34. The number of fused-ring (bicyclic) bond motifs is 1. The molecule has 0 saturated carbocycles. The second-order valence-electron chi connectivity index (χ2n) is 4.64. The van der Waals surface area contributed by atoms with Gasteiger partial charge < -0.3 is 0 Å². The molecular formula is C12H12N2. The first-order valence-electron chi connectivity index (χ1n) is 4.78. The third kappa shape index (κ3) is 0.836. The highest BCUT2D eigenvalue weighted by atomic mass is 14.6. The molecule has 0 radical (unpaired) electrons. The van der Waals surface area contributed by atoms with Crippen LogP contribution in [0.4, 0.5) is 0 Å². The molecule has 2 atom stereocenters. The molecular weight excluding hydrogens is 172 g/mol. The number of nitriles is 2. The van der Waals surface area contributed by atoms with Crippen molar-refractivity contribution in [2.45, 2.75) is 26.7 Å². The summed E-state index contributed by atoms with van der Waals surface area (Å²) in [7, 11) is 0. The summed E-state index contributed by atoms with van der Waals surface area (Å²) in [6.45, 7) is 4.23. The van der Waals surface area contributed by atoms with E-state index in [9.17, 15) is 0 Å². The lowest BCUT2D eigenvalue weighted by molar-refractivity contribution is 0.222. The van der Waals surface area contributed by atoms with Crippen LogP contribution in [0.2, 0.25) is 0 Å². The van der Waals surface area contributed by atoms with Gasteiger partial charge in [0.25, 0.3) is 0 Å². The zero-order valence-electron chi connectivity index (χ0n) is 8.46. The predicted molar refractivity (Wildman–Crippen MR) is 52.8 cm³/mol. The second kappa shape index (κ2) is 2.49. The van der Waals surface area contributed by atoms with Gasteiger partial charge in [-0.25, -0.2) is 0 Å². The first kappa shape index (κ1) is 9.03. The minimum Gasteiger partial charge on any atom is -0.193 e. The van der Waals surface area contributed by atoms with Crippen molar-refractivity contribution in [2.24, 2.45) is 10.8 Å². The van der Waals surface area contributed by atoms with Crippen LogP contribution in [-0.2, 0) is 0 Å². The van der Waals surface area contributed by atoms with Crippen molar-refractivity contribution in [3.8, 4) is 12.1 Å². The van der Waals surface area contributed by atoms with E-state index in [-0.39, 0.29) is 10.8 Å². The van der Waals surface area contributed by atoms with E-state index in [1.165, 1.54) is 0 Å². The summed E-state index contributed by atoms with van der Waals surface area (Å²) in [5.41, 5.74) is 1.54. The SMILES string of the molecule is CC12C=C(C#N)CC1(C)C(C#N)=CC2. The van der Waals surface area contributed by atoms with E-state index in [2.05, 4.69) is 26.0 Å². The van der Waals surface area contributed by atoms with Crippen molar-refractivity contribution < 1.29 is 0 Å². The summed E-state index contributed by atoms with van der Waals surface area (Å²) >= 11 is 0. The van der Waals surface area contributed by atoms with Crippen LogP contribution in [0.15, 0.2) is 23.3 Å². The molecule has 70 valence electrons. The Morgan fingerprint density at radius 1 is 1.29 bits per heavy atom. The fourth-order valence-corrected chi connectivity index (χ4v) is 2.64. The van der Waals surface area contributed by atoms with Crippen molar-refractivity contribution in [3.05, 3.63) is 23.3 Å². The summed E-state index contributed by atoms with van der Waals surface area (Å²) in [5.74, 6) is 0. The van der Waals surface area contributed by atoms with Gasteiger partial charge in [0.15, 0.2) is 0 Å². The van der Waals surface area contributed by atoms with Gasteiger partial charge in [-0.3, -0.25) is 0 Å². The summed E-state index contributed by atoms with van der Waals surface area (Å²) in [6, 6.07) is 4.48. The van der Waals surface area contributed by atoms with Crippen LogP contribution < -0.4 is 0 Å². The zero-order valence-corrected chi connectivity index (χ0v) is 8.46. The van der Waals surface area contributed by atoms with E-state index in [0.29, 0.717) is 0 Å². The second-order valence-corrected chi connectivity index (χ2v) is 4.64. The van der Waals surface area contributed by atoms with Gasteiger partial charge in [-0.15, -0.1) is 0 Å². The highest BCUT2D eigenvalue weighted by Crippen LogP contribution is 2.60. The molecule has 0 aliphatic heterocycles. The summed E-state index contributed by atoms with van der Waals surface area (Å²) < 4.78 is 0. The van der Waals surface area contributed by atoms with E-state index in [1.807, 2.05) is 12.2 Å². The third-order valence-electron chi connectivity index (χ3n) is 3.89. The standard InChI is InChI=1S/C12H12N2/c1-11-4-3-10(8-14)12(11,2)6-9(5-11)7-13/h3,5H,4,6H2,1-2H3. The predicted octanol–water partition coefficient (Wildman–Crippen LogP) is 2.71. The van der Waals surface area contributed by atoms with E-state index in [4.69, 9.17) is 10.5 Å². The molecule has 0 saturated heterocycles. The Labute approximate surface area is 84.1 Å². The van der Waals surface area contributed by atoms with Crippen LogP contribution in [0.3, 0.4) is 0 Å². The molecule has 0 fully saturated rings. The van der Waals surface area contributed by atoms with Crippen molar-refractivity contribution in [1.82, 2.24) is 0 Å². The van der Waals surface area contributed by atoms with Crippen molar-refractivity contribution >= 4 is 0 Å². The van der Waals surface area contributed by atoms with Gasteiger partial charge in [-0.1, -0.05) is 26.0 Å². The zero-order chi connectivity index (χ0) is 10.4. The Morgan fingerprint density at radius 3 is 2.57 bits per heavy atom. The molecule has 0 N–H and O–H groups in total. The molecule has 0 heterocycles. The Morgan fingerprint density at radius 2 is 2.00 bits per heavy atom. The molecule has 2 aliphatic rings. The molecule has 14 heavy (non-hydrogen) atoms. The molecule has 0 aromatic heterocycles. The average Bonchev–Trinajstić information content (AvgIpc) is 2.52. The van der Waals surface area contributed by atoms with Crippen LogP contribution in [0.1, 0.15) is 26.7 Å². The minimum absolute atomic E-state index is 0.0108. The lowest BCUT2D eigenvalue weighted by Crippen LogP contribution is -2.29. The normalized spacial score (nSPS) is 39.4. The summed E-state index contributed by atoms with van der Waals surface area (Å²) in [4.78, 5) is 0. The van der Waals surface area contributed by atoms with Crippen molar-refractivity contribution in [1.29, 1.82) is 10.5 Å². The number of hydrogen-bond donors (Lipinski definition) is 0. The van der Waals surface area contributed by atoms with Gasteiger partial charge in [0.2, 0.25) is 0 Å². The topological polar surface area (TPSA) is 47.6 Å². The lowest BCUT2D eigenvalue weighted by atomic mass is 9.67. The van der Waals surface area contributed by atoms with E-state index >= 15 is 0 Å². The van der Waals surface area contributed by atoms with E-state index < -0.39 is 0 Å². The van der Waals surface area contributed by atoms with Crippen molar-refractivity contribution in [2.75, 3.05) is 0 Å². The molecule has 2 nitrogen and oxygen atoms in total. The highest BCUT2D eigenvalue weighted by Gasteiger charge is 2.53. The maximum Gasteiger partial charge on any atom is 0.0950 e. The van der Waals surface area contributed by atoms with Gasteiger partial charge in [-0.05, 0) is 12.8 Å². The van der Waals surface area contributed by atoms with Gasteiger partial charge >= 0.3 is 0 Å². The first-order chi connectivity index (χ1) is 6.55. The maximum absolute atomic E-state index is 9.03. The average molecular weight is 184 g/mol. The quantitative estimate of drug-likeness (QED) is 0.581. The highest BCUT2D eigenvalue weighted by molar-refractivity contribution is 5.47. The van der Waals surface area contributed by atoms with Crippen molar-refractivity contribution in [3.63, 3.8) is 0 Å². The van der Waals surface area contributed by atoms with Gasteiger partial charge in [0, 0.05) is 22.0 Å². The number of hydrogen-bond acceptors (Lipinski definition) is 2. The van der Waals surface area contributed by atoms with E-state index in [0.717, 1.165) is 24.0 Å². The monoisotopic (exact) mass is 184 g/mol. The number of nitrogens with zero attached hydrogens (tertiary/aromatic N) is 2. The molecule has 2 aliphatic carbocycles. The largest absolute Gasteiger partial charge is 0.193 e. The minimum atomic E-state index is -0.132. The van der Waals surface area contributed by atoms with Crippen LogP contribution >= 0.6 is 0 Å². The molecule has 2 rings (SSSR count). The van der Waals surface area contributed by atoms with Crippen LogP contribution in [0.5, 0.6) is 0 Å². The number of rotatable bonds is 0. The Hall–Kier alpha value is -1.54. The molecule has 0 bridgehead atoms. The van der Waals surface area contributed by atoms with Crippen LogP contribution in [0.25, 0.3) is 0 Å². The fraction of sp³-hybridized carbons (Fsp3) is 0.500.